The number of anilines is 1. The summed E-state index contributed by atoms with van der Waals surface area (Å²) in [4.78, 5) is 0. The van der Waals surface area contributed by atoms with Crippen molar-refractivity contribution in [2.45, 2.75) is 19.3 Å². The molecule has 0 bridgehead atoms. The fourth-order valence-electron chi connectivity index (χ4n) is 3.24. The van der Waals surface area contributed by atoms with Crippen LogP contribution in [0.4, 0.5) is 10.2 Å². The SMILES string of the molecule is C=Cc1n[nH]c2ccc(-c3ccc(NCC(C)(C)c4ccc(F)cc4)nn3)cc12. The number of aromatic amines is 1. The highest BCUT2D eigenvalue weighted by Crippen LogP contribution is 2.26. The zero-order valence-electron chi connectivity index (χ0n) is 16.4. The minimum Gasteiger partial charge on any atom is -0.368 e. The van der Waals surface area contributed by atoms with Gasteiger partial charge in [0.25, 0.3) is 0 Å². The van der Waals surface area contributed by atoms with Gasteiger partial charge in [0.2, 0.25) is 0 Å². The molecule has 5 nitrogen and oxygen atoms in total. The van der Waals surface area contributed by atoms with Gasteiger partial charge < -0.3 is 5.32 Å². The van der Waals surface area contributed by atoms with Crippen LogP contribution in [0.2, 0.25) is 0 Å². The molecule has 0 amide bonds. The predicted molar refractivity (Wildman–Crippen MR) is 115 cm³/mol. The fourth-order valence-corrected chi connectivity index (χ4v) is 3.24. The minimum absolute atomic E-state index is 0.179. The Bertz CT molecular complexity index is 1140. The van der Waals surface area contributed by atoms with Crippen molar-refractivity contribution in [1.82, 2.24) is 20.4 Å². The molecule has 29 heavy (non-hydrogen) atoms. The molecule has 0 aliphatic rings. The first-order chi connectivity index (χ1) is 14.0. The van der Waals surface area contributed by atoms with E-state index in [1.54, 1.807) is 6.08 Å². The van der Waals surface area contributed by atoms with Crippen LogP contribution >= 0.6 is 0 Å². The Morgan fingerprint density at radius 2 is 1.86 bits per heavy atom. The lowest BCUT2D eigenvalue weighted by molar-refractivity contribution is 0.552. The van der Waals surface area contributed by atoms with E-state index in [9.17, 15) is 4.39 Å². The molecule has 0 saturated carbocycles. The molecule has 0 aliphatic heterocycles. The molecule has 4 aromatic rings. The van der Waals surface area contributed by atoms with Crippen molar-refractivity contribution in [2.75, 3.05) is 11.9 Å². The van der Waals surface area contributed by atoms with Crippen LogP contribution in [-0.4, -0.2) is 26.9 Å². The Hall–Kier alpha value is -3.54. The van der Waals surface area contributed by atoms with Gasteiger partial charge in [-0.25, -0.2) is 4.39 Å². The van der Waals surface area contributed by atoms with E-state index in [1.165, 1.54) is 12.1 Å². The molecule has 2 N–H and O–H groups in total. The number of H-pyrrole nitrogens is 1. The van der Waals surface area contributed by atoms with Crippen molar-refractivity contribution in [3.8, 4) is 11.3 Å². The molecular formula is C23H22FN5. The van der Waals surface area contributed by atoms with Crippen molar-refractivity contribution in [2.24, 2.45) is 0 Å². The zero-order chi connectivity index (χ0) is 20.4. The van der Waals surface area contributed by atoms with E-state index in [2.05, 4.69) is 46.1 Å². The van der Waals surface area contributed by atoms with Crippen molar-refractivity contribution in [3.63, 3.8) is 0 Å². The van der Waals surface area contributed by atoms with Gasteiger partial charge in [-0.2, -0.15) is 5.10 Å². The quantitative estimate of drug-likeness (QED) is 0.478. The Kier molecular flexibility index (Phi) is 4.84. The molecule has 0 saturated heterocycles. The summed E-state index contributed by atoms with van der Waals surface area (Å²) in [5, 5.41) is 20.2. The molecule has 146 valence electrons. The lowest BCUT2D eigenvalue weighted by Gasteiger charge is -2.25. The van der Waals surface area contributed by atoms with Crippen LogP contribution in [0.1, 0.15) is 25.1 Å². The number of hydrogen-bond donors (Lipinski definition) is 2. The maximum atomic E-state index is 13.2. The van der Waals surface area contributed by atoms with Gasteiger partial charge >= 0.3 is 0 Å². The van der Waals surface area contributed by atoms with Crippen LogP contribution in [0.5, 0.6) is 0 Å². The van der Waals surface area contributed by atoms with E-state index in [-0.39, 0.29) is 11.2 Å². The highest BCUT2D eigenvalue weighted by Gasteiger charge is 2.20. The average molecular weight is 387 g/mol. The van der Waals surface area contributed by atoms with Gasteiger partial charge in [0.05, 0.1) is 16.9 Å². The van der Waals surface area contributed by atoms with Gasteiger partial charge in [-0.1, -0.05) is 38.6 Å². The molecule has 0 aliphatic carbocycles. The van der Waals surface area contributed by atoms with Crippen molar-refractivity contribution < 1.29 is 4.39 Å². The molecule has 0 unspecified atom stereocenters. The average Bonchev–Trinajstić information content (AvgIpc) is 3.15. The summed E-state index contributed by atoms with van der Waals surface area (Å²) in [7, 11) is 0. The van der Waals surface area contributed by atoms with Crippen molar-refractivity contribution in [3.05, 3.63) is 78.3 Å². The molecule has 0 fully saturated rings. The highest BCUT2D eigenvalue weighted by atomic mass is 19.1. The second kappa shape index (κ2) is 7.47. The monoisotopic (exact) mass is 387 g/mol. The van der Waals surface area contributed by atoms with Gasteiger partial charge in [0.15, 0.2) is 0 Å². The molecule has 4 rings (SSSR count). The molecule has 2 aromatic carbocycles. The predicted octanol–water partition coefficient (Wildman–Crippen LogP) is 5.19. The Labute approximate surface area is 168 Å². The number of nitrogens with zero attached hydrogens (tertiary/aromatic N) is 3. The fraction of sp³-hybridized carbons (Fsp3) is 0.174. The molecular weight excluding hydrogens is 365 g/mol. The number of fused-ring (bicyclic) bond motifs is 1. The van der Waals surface area contributed by atoms with E-state index >= 15 is 0 Å². The normalized spacial score (nSPS) is 11.6. The summed E-state index contributed by atoms with van der Waals surface area (Å²) in [6, 6.07) is 16.5. The van der Waals surface area contributed by atoms with E-state index in [4.69, 9.17) is 0 Å². The third-order valence-corrected chi connectivity index (χ3v) is 5.08. The van der Waals surface area contributed by atoms with Gasteiger partial charge in [0, 0.05) is 22.9 Å². The highest BCUT2D eigenvalue weighted by molar-refractivity contribution is 5.89. The molecule has 0 spiro atoms. The number of rotatable bonds is 6. The first-order valence-corrected chi connectivity index (χ1v) is 9.41. The Morgan fingerprint density at radius 1 is 1.07 bits per heavy atom. The second-order valence-electron chi connectivity index (χ2n) is 7.62. The summed E-state index contributed by atoms with van der Waals surface area (Å²) in [5.41, 5.74) is 4.40. The minimum atomic E-state index is -0.229. The largest absolute Gasteiger partial charge is 0.368 e. The first-order valence-electron chi connectivity index (χ1n) is 9.41. The Morgan fingerprint density at radius 3 is 2.55 bits per heavy atom. The zero-order valence-corrected chi connectivity index (χ0v) is 16.4. The van der Waals surface area contributed by atoms with Gasteiger partial charge in [-0.05, 0) is 48.0 Å². The number of halogens is 1. The second-order valence-corrected chi connectivity index (χ2v) is 7.62. The van der Waals surface area contributed by atoms with Gasteiger partial charge in [-0.3, -0.25) is 5.10 Å². The molecule has 6 heteroatoms. The van der Waals surface area contributed by atoms with Gasteiger partial charge in [-0.15, -0.1) is 10.2 Å². The Balaban J connectivity index is 1.49. The summed E-state index contributed by atoms with van der Waals surface area (Å²) in [6.07, 6.45) is 1.73. The molecule has 0 radical (unpaired) electrons. The van der Waals surface area contributed by atoms with Crippen LogP contribution in [0.3, 0.4) is 0 Å². The number of benzene rings is 2. The third kappa shape index (κ3) is 3.87. The smallest absolute Gasteiger partial charge is 0.148 e. The lowest BCUT2D eigenvalue weighted by Crippen LogP contribution is -2.28. The summed E-state index contributed by atoms with van der Waals surface area (Å²) < 4.78 is 13.2. The topological polar surface area (TPSA) is 66.5 Å². The van der Waals surface area contributed by atoms with Crippen LogP contribution in [-0.2, 0) is 5.41 Å². The van der Waals surface area contributed by atoms with Crippen LogP contribution in [0, 0.1) is 5.82 Å². The number of nitrogens with one attached hydrogen (secondary N) is 2. The van der Waals surface area contributed by atoms with E-state index in [0.29, 0.717) is 12.4 Å². The van der Waals surface area contributed by atoms with E-state index in [1.807, 2.05) is 42.5 Å². The van der Waals surface area contributed by atoms with E-state index < -0.39 is 0 Å². The molecule has 2 aromatic heterocycles. The maximum absolute atomic E-state index is 13.2. The summed E-state index contributed by atoms with van der Waals surface area (Å²) in [5.74, 6) is 0.466. The van der Waals surface area contributed by atoms with Crippen LogP contribution in [0.25, 0.3) is 28.2 Å². The van der Waals surface area contributed by atoms with Crippen LogP contribution in [0.15, 0.2) is 61.2 Å². The lowest BCUT2D eigenvalue weighted by atomic mass is 9.84. The third-order valence-electron chi connectivity index (χ3n) is 5.08. The molecule has 0 atom stereocenters. The molecule has 2 heterocycles. The van der Waals surface area contributed by atoms with E-state index in [0.717, 1.165) is 33.4 Å². The number of hydrogen-bond acceptors (Lipinski definition) is 4. The van der Waals surface area contributed by atoms with Crippen molar-refractivity contribution >= 4 is 22.8 Å². The van der Waals surface area contributed by atoms with Crippen LogP contribution < -0.4 is 5.32 Å². The maximum Gasteiger partial charge on any atom is 0.148 e. The summed E-state index contributed by atoms with van der Waals surface area (Å²) >= 11 is 0. The van der Waals surface area contributed by atoms with Gasteiger partial charge in [0.1, 0.15) is 11.6 Å². The standard InChI is InChI=1S/C23H22FN5/c1-4-19-18-13-15(5-10-21(18)28-26-19)20-11-12-22(29-27-20)25-14-23(2,3)16-6-8-17(24)9-7-16/h4-13H,1,14H2,2-3H3,(H,25,29)(H,26,28). The first kappa shape index (κ1) is 18.8. The van der Waals surface area contributed by atoms with Crippen molar-refractivity contribution in [1.29, 1.82) is 0 Å². The number of aromatic nitrogens is 4. The summed E-state index contributed by atoms with van der Waals surface area (Å²) in [6.45, 7) is 8.65.